The van der Waals surface area contributed by atoms with Crippen molar-refractivity contribution in [3.63, 3.8) is 0 Å². The van der Waals surface area contributed by atoms with Gasteiger partial charge in [-0.05, 0) is 17.7 Å². The monoisotopic (exact) mass is 255 g/mol. The standard InChI is InChI=1S/C12H14FNO4/c1-17-11-8(12(15)16)4-7(5-9(11)13)10-6-14-2-3-18-10/h4-5,10,14H,2-3,6H2,1H3,(H,15,16). The summed E-state index contributed by atoms with van der Waals surface area (Å²) < 4.78 is 24.0. The highest BCUT2D eigenvalue weighted by atomic mass is 19.1. The van der Waals surface area contributed by atoms with Gasteiger partial charge in [-0.25, -0.2) is 9.18 Å². The third-order valence-electron chi connectivity index (χ3n) is 2.80. The Morgan fingerprint density at radius 3 is 2.94 bits per heavy atom. The molecule has 1 saturated heterocycles. The number of aromatic carboxylic acids is 1. The third-order valence-corrected chi connectivity index (χ3v) is 2.80. The maximum absolute atomic E-state index is 13.8. The molecule has 0 aliphatic carbocycles. The summed E-state index contributed by atoms with van der Waals surface area (Å²) in [7, 11) is 1.24. The second kappa shape index (κ2) is 5.32. The molecule has 6 heteroatoms. The van der Waals surface area contributed by atoms with E-state index in [4.69, 9.17) is 14.6 Å². The minimum atomic E-state index is -1.23. The lowest BCUT2D eigenvalue weighted by atomic mass is 10.0. The lowest BCUT2D eigenvalue weighted by Crippen LogP contribution is -2.33. The molecule has 0 amide bonds. The highest BCUT2D eigenvalue weighted by Gasteiger charge is 2.22. The molecule has 1 heterocycles. The number of carboxylic acids is 1. The lowest BCUT2D eigenvalue weighted by molar-refractivity contribution is 0.0274. The minimum absolute atomic E-state index is 0.193. The molecule has 1 aromatic rings. The predicted octanol–water partition coefficient (Wildman–Crippen LogP) is 1.19. The Morgan fingerprint density at radius 1 is 1.61 bits per heavy atom. The number of benzene rings is 1. The molecular formula is C12H14FNO4. The van der Waals surface area contributed by atoms with E-state index in [1.54, 1.807) is 0 Å². The summed E-state index contributed by atoms with van der Waals surface area (Å²) in [6, 6.07) is 2.64. The molecule has 1 aromatic carbocycles. The number of halogens is 1. The van der Waals surface area contributed by atoms with E-state index in [9.17, 15) is 9.18 Å². The summed E-state index contributed by atoms with van der Waals surface area (Å²) in [6.07, 6.45) is -0.336. The number of morpholine rings is 1. The third kappa shape index (κ3) is 2.44. The van der Waals surface area contributed by atoms with Crippen LogP contribution in [0.5, 0.6) is 5.75 Å². The minimum Gasteiger partial charge on any atom is -0.493 e. The summed E-state index contributed by atoms with van der Waals surface area (Å²) >= 11 is 0. The van der Waals surface area contributed by atoms with Crippen LogP contribution in [0, 0.1) is 5.82 Å². The number of hydrogen-bond acceptors (Lipinski definition) is 4. The van der Waals surface area contributed by atoms with Crippen molar-refractivity contribution in [1.29, 1.82) is 0 Å². The molecule has 0 saturated carbocycles. The number of ether oxygens (including phenoxy) is 2. The number of carboxylic acid groups (broad SMARTS) is 1. The fraction of sp³-hybridized carbons (Fsp3) is 0.417. The number of hydrogen-bond donors (Lipinski definition) is 2. The SMILES string of the molecule is COc1c(F)cc(C2CNCCO2)cc1C(=O)O. The van der Waals surface area contributed by atoms with Crippen molar-refractivity contribution in [3.05, 3.63) is 29.1 Å². The zero-order valence-corrected chi connectivity index (χ0v) is 9.90. The van der Waals surface area contributed by atoms with Crippen molar-refractivity contribution in [2.75, 3.05) is 26.8 Å². The molecule has 2 rings (SSSR count). The average Bonchev–Trinajstić information content (AvgIpc) is 2.38. The quantitative estimate of drug-likeness (QED) is 0.849. The molecule has 18 heavy (non-hydrogen) atoms. The zero-order valence-electron chi connectivity index (χ0n) is 9.90. The van der Waals surface area contributed by atoms with Crippen LogP contribution in [-0.4, -0.2) is 37.9 Å². The van der Waals surface area contributed by atoms with Crippen LogP contribution >= 0.6 is 0 Å². The van der Waals surface area contributed by atoms with E-state index >= 15 is 0 Å². The van der Waals surface area contributed by atoms with Crippen LogP contribution in [0.25, 0.3) is 0 Å². The Labute approximate surface area is 104 Å². The highest BCUT2D eigenvalue weighted by Crippen LogP contribution is 2.29. The maximum Gasteiger partial charge on any atom is 0.339 e. The van der Waals surface area contributed by atoms with E-state index in [-0.39, 0.29) is 17.4 Å². The van der Waals surface area contributed by atoms with Crippen LogP contribution in [-0.2, 0) is 4.74 Å². The number of carbonyl (C=O) groups is 1. The molecule has 1 unspecified atom stereocenters. The first kappa shape index (κ1) is 12.8. The van der Waals surface area contributed by atoms with Gasteiger partial charge in [0.2, 0.25) is 0 Å². The van der Waals surface area contributed by atoms with Crippen molar-refractivity contribution >= 4 is 5.97 Å². The average molecular weight is 255 g/mol. The molecule has 5 nitrogen and oxygen atoms in total. The number of methoxy groups -OCH3 is 1. The zero-order chi connectivity index (χ0) is 13.1. The Kier molecular flexibility index (Phi) is 3.78. The van der Waals surface area contributed by atoms with Crippen LogP contribution in [0.1, 0.15) is 22.0 Å². The van der Waals surface area contributed by atoms with Crippen LogP contribution in [0.3, 0.4) is 0 Å². The van der Waals surface area contributed by atoms with Gasteiger partial charge in [-0.15, -0.1) is 0 Å². The molecule has 0 bridgehead atoms. The van der Waals surface area contributed by atoms with Crippen molar-refractivity contribution in [2.24, 2.45) is 0 Å². The molecule has 0 spiro atoms. The van der Waals surface area contributed by atoms with E-state index in [2.05, 4.69) is 5.32 Å². The summed E-state index contributed by atoms with van der Waals surface area (Å²) in [5.41, 5.74) is 0.305. The summed E-state index contributed by atoms with van der Waals surface area (Å²) in [5.74, 6) is -2.17. The molecule has 0 radical (unpaired) electrons. The topological polar surface area (TPSA) is 67.8 Å². The van der Waals surface area contributed by atoms with Gasteiger partial charge < -0.3 is 19.9 Å². The molecule has 1 fully saturated rings. The van der Waals surface area contributed by atoms with Gasteiger partial charge in [0.1, 0.15) is 5.56 Å². The van der Waals surface area contributed by atoms with Crippen molar-refractivity contribution < 1.29 is 23.8 Å². The normalized spacial score (nSPS) is 19.6. The van der Waals surface area contributed by atoms with Crippen LogP contribution in [0.4, 0.5) is 4.39 Å². The first-order chi connectivity index (χ1) is 8.63. The number of rotatable bonds is 3. The Hall–Kier alpha value is -1.66. The Balaban J connectivity index is 2.40. The van der Waals surface area contributed by atoms with Gasteiger partial charge in [0, 0.05) is 13.1 Å². The first-order valence-corrected chi connectivity index (χ1v) is 5.56. The maximum atomic E-state index is 13.8. The molecule has 0 aromatic heterocycles. The molecule has 1 atom stereocenters. The molecule has 2 N–H and O–H groups in total. The van der Waals surface area contributed by atoms with Gasteiger partial charge in [-0.3, -0.25) is 0 Å². The molecular weight excluding hydrogens is 241 g/mol. The van der Waals surface area contributed by atoms with Gasteiger partial charge in [0.05, 0.1) is 19.8 Å². The van der Waals surface area contributed by atoms with E-state index in [1.165, 1.54) is 19.2 Å². The summed E-state index contributed by atoms with van der Waals surface area (Å²) in [4.78, 5) is 11.1. The predicted molar refractivity (Wildman–Crippen MR) is 61.5 cm³/mol. The van der Waals surface area contributed by atoms with Crippen molar-refractivity contribution in [2.45, 2.75) is 6.10 Å². The van der Waals surface area contributed by atoms with Gasteiger partial charge in [0.15, 0.2) is 11.6 Å². The second-order valence-electron chi connectivity index (χ2n) is 3.95. The Morgan fingerprint density at radius 2 is 2.39 bits per heavy atom. The second-order valence-corrected chi connectivity index (χ2v) is 3.95. The number of nitrogens with one attached hydrogen (secondary N) is 1. The largest absolute Gasteiger partial charge is 0.493 e. The van der Waals surface area contributed by atoms with Gasteiger partial charge in [-0.1, -0.05) is 0 Å². The van der Waals surface area contributed by atoms with E-state index in [0.29, 0.717) is 18.7 Å². The fourth-order valence-electron chi connectivity index (χ4n) is 1.95. The highest BCUT2D eigenvalue weighted by molar-refractivity contribution is 5.91. The van der Waals surface area contributed by atoms with E-state index in [1.807, 2.05) is 0 Å². The first-order valence-electron chi connectivity index (χ1n) is 5.56. The fourth-order valence-corrected chi connectivity index (χ4v) is 1.95. The van der Waals surface area contributed by atoms with E-state index < -0.39 is 11.8 Å². The molecule has 98 valence electrons. The van der Waals surface area contributed by atoms with Crippen LogP contribution in [0.15, 0.2) is 12.1 Å². The van der Waals surface area contributed by atoms with Gasteiger partial charge >= 0.3 is 5.97 Å². The van der Waals surface area contributed by atoms with E-state index in [0.717, 1.165) is 6.54 Å². The molecule has 1 aliphatic rings. The summed E-state index contributed by atoms with van der Waals surface area (Å²) in [5, 5.41) is 12.1. The van der Waals surface area contributed by atoms with Crippen LogP contribution < -0.4 is 10.1 Å². The van der Waals surface area contributed by atoms with Crippen molar-refractivity contribution in [3.8, 4) is 5.75 Å². The van der Waals surface area contributed by atoms with Gasteiger partial charge in [-0.2, -0.15) is 0 Å². The smallest absolute Gasteiger partial charge is 0.339 e. The summed E-state index contributed by atoms with van der Waals surface area (Å²) in [6.45, 7) is 1.78. The molecule has 1 aliphatic heterocycles. The van der Waals surface area contributed by atoms with Crippen LogP contribution in [0.2, 0.25) is 0 Å². The van der Waals surface area contributed by atoms with Crippen molar-refractivity contribution in [1.82, 2.24) is 5.32 Å². The lowest BCUT2D eigenvalue weighted by Gasteiger charge is -2.24. The van der Waals surface area contributed by atoms with Gasteiger partial charge in [0.25, 0.3) is 0 Å². The Bertz CT molecular complexity index is 458.